The first kappa shape index (κ1) is 28.1. The maximum absolute atomic E-state index is 12.2. The van der Waals surface area contributed by atoms with Crippen molar-refractivity contribution < 1.29 is 43.8 Å². The van der Waals surface area contributed by atoms with Gasteiger partial charge in [0.15, 0.2) is 5.71 Å². The molecule has 14 heteroatoms. The van der Waals surface area contributed by atoms with E-state index in [0.29, 0.717) is 0 Å². The third kappa shape index (κ3) is 13.1. The van der Waals surface area contributed by atoms with E-state index in [2.05, 4.69) is 15.8 Å². The zero-order chi connectivity index (χ0) is 23.8. The Morgan fingerprint density at radius 1 is 1.13 bits per heavy atom. The smallest absolute Gasteiger partial charge is 0.356 e. The van der Waals surface area contributed by atoms with Gasteiger partial charge in [-0.1, -0.05) is 5.16 Å². The normalized spacial score (nSPS) is 12.9. The molecule has 0 saturated heterocycles. The van der Waals surface area contributed by atoms with Gasteiger partial charge in [0.05, 0.1) is 6.61 Å². The average Bonchev–Trinajstić information content (AvgIpc) is 2.71. The largest absolute Gasteiger partial charge is 0.480 e. The minimum absolute atomic E-state index is 0.00129. The van der Waals surface area contributed by atoms with Crippen molar-refractivity contribution in [3.05, 3.63) is 0 Å². The highest BCUT2D eigenvalue weighted by molar-refractivity contribution is 8.00. The molecule has 31 heavy (non-hydrogen) atoms. The van der Waals surface area contributed by atoms with Crippen LogP contribution in [0.25, 0.3) is 0 Å². The Morgan fingerprint density at radius 3 is 2.35 bits per heavy atom. The van der Waals surface area contributed by atoms with Gasteiger partial charge < -0.3 is 36.2 Å². The number of nitrogens with two attached hydrogens (primary N) is 1. The zero-order valence-electron chi connectivity index (χ0n) is 17.3. The molecule has 13 nitrogen and oxygen atoms in total. The van der Waals surface area contributed by atoms with E-state index in [4.69, 9.17) is 25.5 Å². The Bertz CT molecular complexity index is 672. The summed E-state index contributed by atoms with van der Waals surface area (Å²) in [4.78, 5) is 62.5. The molecule has 0 aliphatic rings. The summed E-state index contributed by atoms with van der Waals surface area (Å²) in [6.07, 6.45) is -0.396. The molecule has 2 atom stereocenters. The van der Waals surface area contributed by atoms with Crippen molar-refractivity contribution in [2.45, 2.75) is 38.8 Å². The van der Waals surface area contributed by atoms with E-state index in [1.165, 1.54) is 0 Å². The highest BCUT2D eigenvalue weighted by Gasteiger charge is 2.23. The van der Waals surface area contributed by atoms with Gasteiger partial charge in [-0.25, -0.2) is 4.79 Å². The summed E-state index contributed by atoms with van der Waals surface area (Å²) in [6, 6.07) is -2.38. The first-order valence-corrected chi connectivity index (χ1v) is 10.5. The van der Waals surface area contributed by atoms with Crippen LogP contribution >= 0.6 is 11.8 Å². The lowest BCUT2D eigenvalue weighted by Crippen LogP contribution is -2.49. The molecule has 0 aromatic carbocycles. The number of amides is 2. The standard InChI is InChI=1S/C17H28N4O9S/c1-3-29-17(28)12(21-30-4-2)9-31-8-11(15(25)19-7-14(23)24)20-13(22)6-5-10(18)16(26)27/h10-11H,3-9,18H2,1-2H3,(H,19,25)(H,20,22)(H,23,24)(H,26,27)/b21-12-. The molecule has 6 N–H and O–H groups in total. The number of carbonyl (C=O) groups is 5. The molecule has 0 aromatic heterocycles. The second kappa shape index (κ2) is 15.9. The first-order valence-electron chi connectivity index (χ1n) is 9.33. The molecule has 0 radical (unpaired) electrons. The molecule has 0 saturated carbocycles. The van der Waals surface area contributed by atoms with Crippen molar-refractivity contribution >= 4 is 47.2 Å². The molecule has 0 fully saturated rings. The molecule has 0 aliphatic heterocycles. The number of esters is 1. The number of aliphatic carboxylic acids is 2. The SMILES string of the molecule is CCO/N=C(/CSCC(NC(=O)CCC(N)C(=O)O)C(=O)NCC(=O)O)C(=O)OCC. The maximum Gasteiger partial charge on any atom is 0.356 e. The Hall–Kier alpha value is -2.87. The number of rotatable bonds is 16. The van der Waals surface area contributed by atoms with Crippen LogP contribution in [-0.2, 0) is 33.5 Å². The quantitative estimate of drug-likeness (QED) is 0.101. The Labute approximate surface area is 183 Å². The van der Waals surface area contributed by atoms with Gasteiger partial charge in [0.1, 0.15) is 25.2 Å². The van der Waals surface area contributed by atoms with Crippen LogP contribution in [0.3, 0.4) is 0 Å². The third-order valence-corrected chi connectivity index (χ3v) is 4.45. The lowest BCUT2D eigenvalue weighted by Gasteiger charge is -2.18. The number of carbonyl (C=O) groups excluding carboxylic acids is 3. The minimum atomic E-state index is -1.27. The summed E-state index contributed by atoms with van der Waals surface area (Å²) >= 11 is 1.05. The highest BCUT2D eigenvalue weighted by Crippen LogP contribution is 2.07. The van der Waals surface area contributed by atoms with Crippen LogP contribution in [0.1, 0.15) is 26.7 Å². The molecule has 0 heterocycles. The van der Waals surface area contributed by atoms with Crippen LogP contribution in [-0.4, -0.2) is 89.0 Å². The van der Waals surface area contributed by atoms with Gasteiger partial charge in [-0.3, -0.25) is 19.2 Å². The predicted octanol–water partition coefficient (Wildman–Crippen LogP) is -1.45. The van der Waals surface area contributed by atoms with Gasteiger partial charge in [0.2, 0.25) is 11.8 Å². The zero-order valence-corrected chi connectivity index (χ0v) is 18.1. The van der Waals surface area contributed by atoms with E-state index in [1.54, 1.807) is 13.8 Å². The topological polar surface area (TPSA) is 207 Å². The minimum Gasteiger partial charge on any atom is -0.480 e. The van der Waals surface area contributed by atoms with E-state index in [-0.39, 0.29) is 43.3 Å². The summed E-state index contributed by atoms with van der Waals surface area (Å²) < 4.78 is 4.87. The monoisotopic (exact) mass is 464 g/mol. The van der Waals surface area contributed by atoms with Gasteiger partial charge >= 0.3 is 17.9 Å². The van der Waals surface area contributed by atoms with Crippen molar-refractivity contribution in [1.82, 2.24) is 10.6 Å². The second-order valence-electron chi connectivity index (χ2n) is 5.91. The van der Waals surface area contributed by atoms with Crippen molar-refractivity contribution in [1.29, 1.82) is 0 Å². The van der Waals surface area contributed by atoms with Gasteiger partial charge in [-0.2, -0.15) is 11.8 Å². The summed E-state index contributed by atoms with van der Waals surface area (Å²) in [6.45, 7) is 3.00. The van der Waals surface area contributed by atoms with Gasteiger partial charge in [-0.15, -0.1) is 0 Å². The number of ether oxygens (including phenoxy) is 1. The van der Waals surface area contributed by atoms with Crippen molar-refractivity contribution in [2.24, 2.45) is 10.9 Å². The maximum atomic E-state index is 12.2. The average molecular weight is 464 g/mol. The molecule has 0 bridgehead atoms. The molecule has 0 rings (SSSR count). The number of hydrogen-bond acceptors (Lipinski definition) is 10. The van der Waals surface area contributed by atoms with Gasteiger partial charge in [0.25, 0.3) is 0 Å². The summed E-state index contributed by atoms with van der Waals surface area (Å²) in [7, 11) is 0. The molecule has 0 aromatic rings. The van der Waals surface area contributed by atoms with Crippen molar-refractivity contribution in [2.75, 3.05) is 31.3 Å². The summed E-state index contributed by atoms with van der Waals surface area (Å²) in [5.41, 5.74) is 5.32. The Balaban J connectivity index is 5.01. The number of carboxylic acids is 2. The van der Waals surface area contributed by atoms with Gasteiger partial charge in [-0.05, 0) is 20.3 Å². The number of nitrogens with zero attached hydrogens (tertiary/aromatic N) is 1. The number of oxime groups is 1. The molecule has 2 unspecified atom stereocenters. The summed E-state index contributed by atoms with van der Waals surface area (Å²) in [5, 5.41) is 25.7. The van der Waals surface area contributed by atoms with Crippen LogP contribution in [0, 0.1) is 0 Å². The fraction of sp³-hybridized carbons (Fsp3) is 0.647. The van der Waals surface area contributed by atoms with Crippen molar-refractivity contribution in [3.63, 3.8) is 0 Å². The van der Waals surface area contributed by atoms with Crippen molar-refractivity contribution in [3.8, 4) is 0 Å². The molecule has 0 spiro atoms. The van der Waals surface area contributed by atoms with E-state index < -0.39 is 48.4 Å². The summed E-state index contributed by atoms with van der Waals surface area (Å²) in [5.74, 6) is -4.66. The predicted molar refractivity (Wildman–Crippen MR) is 110 cm³/mol. The Kier molecular flexibility index (Phi) is 14.4. The fourth-order valence-electron chi connectivity index (χ4n) is 1.90. The molecular weight excluding hydrogens is 436 g/mol. The molecule has 2 amide bonds. The van der Waals surface area contributed by atoms with Gasteiger partial charge in [0, 0.05) is 17.9 Å². The number of thioether (sulfide) groups is 1. The first-order chi connectivity index (χ1) is 14.6. The van der Waals surface area contributed by atoms with E-state index >= 15 is 0 Å². The molecule has 0 aliphatic carbocycles. The number of hydrogen-bond donors (Lipinski definition) is 5. The van der Waals surface area contributed by atoms with Crippen LogP contribution < -0.4 is 16.4 Å². The Morgan fingerprint density at radius 2 is 1.81 bits per heavy atom. The third-order valence-electron chi connectivity index (χ3n) is 3.40. The molecular formula is C17H28N4O9S. The van der Waals surface area contributed by atoms with Crippen LogP contribution in [0.2, 0.25) is 0 Å². The van der Waals surface area contributed by atoms with E-state index in [9.17, 15) is 24.0 Å². The molecule has 176 valence electrons. The highest BCUT2D eigenvalue weighted by atomic mass is 32.2. The number of carboxylic acid groups (broad SMARTS) is 2. The second-order valence-corrected chi connectivity index (χ2v) is 6.94. The number of nitrogens with one attached hydrogen (secondary N) is 2. The lowest BCUT2D eigenvalue weighted by molar-refractivity contribution is -0.139. The van der Waals surface area contributed by atoms with E-state index in [1.807, 2.05) is 0 Å². The van der Waals surface area contributed by atoms with Crippen LogP contribution in [0.5, 0.6) is 0 Å². The fourth-order valence-corrected chi connectivity index (χ4v) is 2.85. The van der Waals surface area contributed by atoms with Crippen LogP contribution in [0.4, 0.5) is 0 Å². The van der Waals surface area contributed by atoms with Crippen LogP contribution in [0.15, 0.2) is 5.16 Å². The lowest BCUT2D eigenvalue weighted by atomic mass is 10.1. The van der Waals surface area contributed by atoms with E-state index in [0.717, 1.165) is 11.8 Å².